The van der Waals surface area contributed by atoms with E-state index < -0.39 is 0 Å². The van der Waals surface area contributed by atoms with Gasteiger partial charge in [0.25, 0.3) is 0 Å². The van der Waals surface area contributed by atoms with Crippen molar-refractivity contribution in [1.29, 1.82) is 5.26 Å². The zero-order chi connectivity index (χ0) is 7.70. The van der Waals surface area contributed by atoms with Crippen molar-refractivity contribution in [2.24, 2.45) is 5.73 Å². The molecule has 56 valence electrons. The topological polar surface area (TPSA) is 49.8 Å². The lowest BCUT2D eigenvalue weighted by atomic mass is 10.2. The van der Waals surface area contributed by atoms with Gasteiger partial charge >= 0.3 is 0 Å². The van der Waals surface area contributed by atoms with Crippen molar-refractivity contribution in [3.8, 4) is 6.07 Å². The number of hydrogen-bond acceptors (Lipinski definition) is 2. The summed E-state index contributed by atoms with van der Waals surface area (Å²) in [6.45, 7) is 6.01. The van der Waals surface area contributed by atoms with Gasteiger partial charge in [-0.2, -0.15) is 5.26 Å². The van der Waals surface area contributed by atoms with Crippen molar-refractivity contribution in [1.82, 2.24) is 0 Å². The molecule has 0 heterocycles. The van der Waals surface area contributed by atoms with Crippen LogP contribution in [-0.2, 0) is 0 Å². The Labute approximate surface area is 59.2 Å². The molecule has 0 radical (unpaired) electrons. The molecule has 0 rings (SSSR count). The molecule has 2 heteroatoms. The van der Waals surface area contributed by atoms with Gasteiger partial charge in [0, 0.05) is 1.43 Å². The minimum atomic E-state index is -0.245. The highest BCUT2D eigenvalue weighted by Crippen LogP contribution is 1.88. The van der Waals surface area contributed by atoms with Gasteiger partial charge in [-0.25, -0.2) is 0 Å². The zero-order valence-electron chi connectivity index (χ0n) is 6.52. The molecule has 0 fully saturated rings. The van der Waals surface area contributed by atoms with E-state index in [0.29, 0.717) is 0 Å². The molecule has 0 aromatic heterocycles. The van der Waals surface area contributed by atoms with Gasteiger partial charge in [0.2, 0.25) is 0 Å². The van der Waals surface area contributed by atoms with Gasteiger partial charge in [0.05, 0.1) is 12.1 Å². The smallest absolute Gasteiger partial charge is 0.0927 e. The van der Waals surface area contributed by atoms with E-state index >= 15 is 0 Å². The monoisotopic (exact) mass is 130 g/mol. The highest BCUT2D eigenvalue weighted by atomic mass is 14.6. The molecule has 1 atom stereocenters. The van der Waals surface area contributed by atoms with Gasteiger partial charge in [-0.05, 0) is 6.42 Å². The molecule has 0 amide bonds. The Hall–Kier alpha value is -0.550. The third-order valence-corrected chi connectivity index (χ3v) is 0.766. The lowest BCUT2D eigenvalue weighted by molar-refractivity contribution is 0.713. The maximum absolute atomic E-state index is 8.09. The number of nitrogens with two attached hydrogens (primary N) is 1. The van der Waals surface area contributed by atoms with Gasteiger partial charge in [-0.15, -0.1) is 0 Å². The quantitative estimate of drug-likeness (QED) is 0.620. The van der Waals surface area contributed by atoms with Crippen molar-refractivity contribution in [3.05, 3.63) is 0 Å². The van der Waals surface area contributed by atoms with Crippen LogP contribution in [0.2, 0.25) is 0 Å². The van der Waals surface area contributed by atoms with E-state index in [0.717, 1.165) is 12.8 Å². The van der Waals surface area contributed by atoms with Crippen LogP contribution in [0.15, 0.2) is 0 Å². The van der Waals surface area contributed by atoms with Gasteiger partial charge in [0.15, 0.2) is 0 Å². The first-order valence-corrected chi connectivity index (χ1v) is 3.46. The summed E-state index contributed by atoms with van der Waals surface area (Å²) in [5, 5.41) is 8.09. The lowest BCUT2D eigenvalue weighted by Gasteiger charge is -1.93. The predicted molar refractivity (Wildman–Crippen MR) is 42.0 cm³/mol. The van der Waals surface area contributed by atoms with Gasteiger partial charge in [-0.3, -0.25) is 0 Å². The minimum Gasteiger partial charge on any atom is -0.316 e. The Morgan fingerprint density at radius 3 is 2.22 bits per heavy atom. The first kappa shape index (κ1) is 11.3. The van der Waals surface area contributed by atoms with Crippen LogP contribution < -0.4 is 5.73 Å². The normalized spacial score (nSPS) is 10.6. The molecule has 0 aliphatic rings. The molecule has 2 nitrogen and oxygen atoms in total. The Balaban J connectivity index is -0.000000149. The summed E-state index contributed by atoms with van der Waals surface area (Å²) in [5.74, 6) is 0. The van der Waals surface area contributed by atoms with E-state index in [1.807, 2.05) is 26.8 Å². The number of nitrogens with zero attached hydrogens (tertiary/aromatic N) is 1. The molecule has 0 aromatic carbocycles. The molecular formula is C7H18N2. The second kappa shape index (κ2) is 10.4. The molecule has 2 N–H and O–H groups in total. The lowest BCUT2D eigenvalue weighted by Crippen LogP contribution is -2.15. The summed E-state index contributed by atoms with van der Waals surface area (Å²) in [4.78, 5) is 0. The third-order valence-electron chi connectivity index (χ3n) is 0.766. The van der Waals surface area contributed by atoms with Gasteiger partial charge in [0.1, 0.15) is 0 Å². The van der Waals surface area contributed by atoms with E-state index in [-0.39, 0.29) is 7.47 Å². The zero-order valence-corrected chi connectivity index (χ0v) is 6.52. The fourth-order valence-electron chi connectivity index (χ4n) is 0.376. The van der Waals surface area contributed by atoms with E-state index in [9.17, 15) is 0 Å². The number of hydrogen-bond donors (Lipinski definition) is 1. The largest absolute Gasteiger partial charge is 0.316 e. The number of rotatable bonds is 2. The van der Waals surface area contributed by atoms with Crippen LogP contribution in [0.4, 0.5) is 0 Å². The summed E-state index contributed by atoms with van der Waals surface area (Å²) < 4.78 is 0. The maximum atomic E-state index is 8.09. The summed E-state index contributed by atoms with van der Waals surface area (Å²) in [6, 6.07) is 1.70. The molecule has 1 unspecified atom stereocenters. The average molecular weight is 130 g/mol. The highest BCUT2D eigenvalue weighted by Gasteiger charge is 1.92. The van der Waals surface area contributed by atoms with Crippen LogP contribution in [0.5, 0.6) is 0 Å². The summed E-state index contributed by atoms with van der Waals surface area (Å²) >= 11 is 0. The van der Waals surface area contributed by atoms with Crippen LogP contribution in [0.25, 0.3) is 0 Å². The minimum absolute atomic E-state index is 0. The molecule has 0 aromatic rings. The molecule has 0 saturated carbocycles. The summed E-state index contributed by atoms with van der Waals surface area (Å²) in [6.07, 6.45) is 1.81. The second-order valence-electron chi connectivity index (χ2n) is 1.52. The first-order chi connectivity index (χ1) is 4.31. The van der Waals surface area contributed by atoms with E-state index in [4.69, 9.17) is 11.0 Å². The Morgan fingerprint density at radius 2 is 2.11 bits per heavy atom. The molecule has 0 spiro atoms. The van der Waals surface area contributed by atoms with Crippen molar-refractivity contribution in [2.45, 2.75) is 39.7 Å². The average Bonchev–Trinajstić information content (AvgIpc) is 1.93. The fourth-order valence-corrected chi connectivity index (χ4v) is 0.376. The Kier molecular flexibility index (Phi) is 13.1. The SMILES string of the molecule is CC.CCCC(N)C#N.[HH]. The van der Waals surface area contributed by atoms with E-state index in [2.05, 4.69) is 0 Å². The Bertz CT molecular complexity index is 78.2. The van der Waals surface area contributed by atoms with Crippen LogP contribution in [0.3, 0.4) is 0 Å². The fraction of sp³-hybridized carbons (Fsp3) is 0.857. The van der Waals surface area contributed by atoms with Crippen LogP contribution in [0.1, 0.15) is 35.0 Å². The molecule has 0 saturated heterocycles. The highest BCUT2D eigenvalue weighted by molar-refractivity contribution is 4.85. The number of nitriles is 1. The van der Waals surface area contributed by atoms with Gasteiger partial charge < -0.3 is 5.73 Å². The predicted octanol–water partition coefficient (Wildman–Crippen LogP) is 1.91. The van der Waals surface area contributed by atoms with Crippen LogP contribution >= 0.6 is 0 Å². The van der Waals surface area contributed by atoms with Crippen molar-refractivity contribution >= 4 is 0 Å². The van der Waals surface area contributed by atoms with Crippen molar-refractivity contribution < 1.29 is 1.43 Å². The summed E-state index contributed by atoms with van der Waals surface area (Å²) in [7, 11) is 0. The maximum Gasteiger partial charge on any atom is 0.0927 e. The molecule has 0 aliphatic carbocycles. The van der Waals surface area contributed by atoms with Crippen molar-refractivity contribution in [3.63, 3.8) is 0 Å². The molecule has 0 bridgehead atoms. The molecule has 9 heavy (non-hydrogen) atoms. The second-order valence-corrected chi connectivity index (χ2v) is 1.52. The third kappa shape index (κ3) is 11.2. The van der Waals surface area contributed by atoms with Crippen LogP contribution in [0, 0.1) is 11.3 Å². The standard InChI is InChI=1S/C5H10N2.C2H6.H2/c1-2-3-5(7)4-6;1-2;/h5H,2-3,7H2,1H3;1-2H3;1H. The van der Waals surface area contributed by atoms with E-state index in [1.165, 1.54) is 0 Å². The summed E-state index contributed by atoms with van der Waals surface area (Å²) in [5.41, 5.74) is 5.22. The van der Waals surface area contributed by atoms with E-state index in [1.54, 1.807) is 0 Å². The first-order valence-electron chi connectivity index (χ1n) is 3.46. The Morgan fingerprint density at radius 1 is 1.67 bits per heavy atom. The molecule has 0 aliphatic heterocycles. The van der Waals surface area contributed by atoms with Crippen LogP contribution in [-0.4, -0.2) is 6.04 Å². The van der Waals surface area contributed by atoms with Gasteiger partial charge in [-0.1, -0.05) is 27.2 Å². The molecular weight excluding hydrogens is 112 g/mol. The van der Waals surface area contributed by atoms with Crippen molar-refractivity contribution in [2.75, 3.05) is 0 Å².